The quantitative estimate of drug-likeness (QED) is 0.845. The zero-order valence-electron chi connectivity index (χ0n) is 13.7. The Bertz CT molecular complexity index is 723. The standard InChI is InChI=1S/C20H21NO3/c1-14(24-20(23)16-10-7-11-16)19(22)21-18-13-6-5-12-17(18)15-8-3-2-4-9-15/h2-6,8-9,12-14,16H,7,10-11H2,1H3,(H,21,22). The summed E-state index contributed by atoms with van der Waals surface area (Å²) < 4.78 is 5.28. The normalized spacial score (nSPS) is 15.2. The van der Waals surface area contributed by atoms with E-state index in [1.165, 1.54) is 0 Å². The Morgan fingerprint density at radius 2 is 1.71 bits per heavy atom. The van der Waals surface area contributed by atoms with E-state index in [4.69, 9.17) is 4.74 Å². The van der Waals surface area contributed by atoms with E-state index >= 15 is 0 Å². The van der Waals surface area contributed by atoms with E-state index in [-0.39, 0.29) is 17.8 Å². The van der Waals surface area contributed by atoms with Crippen LogP contribution >= 0.6 is 0 Å². The average molecular weight is 323 g/mol. The maximum atomic E-state index is 12.4. The van der Waals surface area contributed by atoms with E-state index in [0.717, 1.165) is 30.4 Å². The molecule has 0 aliphatic heterocycles. The summed E-state index contributed by atoms with van der Waals surface area (Å²) in [5, 5.41) is 2.87. The SMILES string of the molecule is CC(OC(=O)C1CCC1)C(=O)Nc1ccccc1-c1ccccc1. The number of hydrogen-bond donors (Lipinski definition) is 1. The van der Waals surface area contributed by atoms with Crippen LogP contribution in [0.15, 0.2) is 54.6 Å². The number of anilines is 1. The van der Waals surface area contributed by atoms with Gasteiger partial charge in [-0.2, -0.15) is 0 Å². The fraction of sp³-hybridized carbons (Fsp3) is 0.300. The molecule has 1 fully saturated rings. The average Bonchev–Trinajstić information content (AvgIpc) is 2.54. The van der Waals surface area contributed by atoms with Crippen molar-refractivity contribution >= 4 is 17.6 Å². The summed E-state index contributed by atoms with van der Waals surface area (Å²) in [6, 6.07) is 17.4. The molecule has 1 unspecified atom stereocenters. The summed E-state index contributed by atoms with van der Waals surface area (Å²) in [7, 11) is 0. The zero-order valence-corrected chi connectivity index (χ0v) is 13.7. The van der Waals surface area contributed by atoms with Crippen molar-refractivity contribution in [2.75, 3.05) is 5.32 Å². The maximum Gasteiger partial charge on any atom is 0.309 e. The van der Waals surface area contributed by atoms with Gasteiger partial charge in [0.1, 0.15) is 0 Å². The number of ether oxygens (including phenoxy) is 1. The maximum absolute atomic E-state index is 12.4. The molecule has 124 valence electrons. The number of hydrogen-bond acceptors (Lipinski definition) is 3. The van der Waals surface area contributed by atoms with E-state index in [2.05, 4.69) is 5.32 Å². The van der Waals surface area contributed by atoms with Gasteiger partial charge in [-0.15, -0.1) is 0 Å². The minimum atomic E-state index is -0.804. The number of para-hydroxylation sites is 1. The van der Waals surface area contributed by atoms with E-state index in [1.54, 1.807) is 6.92 Å². The fourth-order valence-corrected chi connectivity index (χ4v) is 2.66. The van der Waals surface area contributed by atoms with Gasteiger partial charge < -0.3 is 10.1 Å². The molecular formula is C20H21NO3. The third-order valence-electron chi connectivity index (χ3n) is 4.37. The summed E-state index contributed by atoms with van der Waals surface area (Å²) in [5.74, 6) is -0.608. The van der Waals surface area contributed by atoms with E-state index in [1.807, 2.05) is 54.6 Å². The lowest BCUT2D eigenvalue weighted by atomic mass is 9.86. The number of esters is 1. The van der Waals surface area contributed by atoms with Gasteiger partial charge >= 0.3 is 5.97 Å². The first kappa shape index (κ1) is 16.2. The molecule has 0 aromatic heterocycles. The lowest BCUT2D eigenvalue weighted by Crippen LogP contribution is -2.34. The van der Waals surface area contributed by atoms with Crippen molar-refractivity contribution in [3.8, 4) is 11.1 Å². The van der Waals surface area contributed by atoms with Gasteiger partial charge in [0.25, 0.3) is 5.91 Å². The zero-order chi connectivity index (χ0) is 16.9. The van der Waals surface area contributed by atoms with Gasteiger partial charge in [-0.3, -0.25) is 9.59 Å². The Hall–Kier alpha value is -2.62. The molecule has 0 spiro atoms. The van der Waals surface area contributed by atoms with Crippen LogP contribution in [-0.4, -0.2) is 18.0 Å². The number of carbonyl (C=O) groups excluding carboxylic acids is 2. The van der Waals surface area contributed by atoms with Crippen LogP contribution in [-0.2, 0) is 14.3 Å². The smallest absolute Gasteiger partial charge is 0.309 e. The first-order valence-electron chi connectivity index (χ1n) is 8.31. The van der Waals surface area contributed by atoms with Crippen molar-refractivity contribution in [2.45, 2.75) is 32.3 Å². The van der Waals surface area contributed by atoms with Crippen LogP contribution in [0.25, 0.3) is 11.1 Å². The molecule has 1 N–H and O–H groups in total. The number of nitrogens with one attached hydrogen (secondary N) is 1. The summed E-state index contributed by atoms with van der Waals surface area (Å²) in [4.78, 5) is 24.3. The second-order valence-corrected chi connectivity index (χ2v) is 6.11. The van der Waals surface area contributed by atoms with Gasteiger partial charge in [0.05, 0.1) is 5.92 Å². The summed E-state index contributed by atoms with van der Waals surface area (Å²) >= 11 is 0. The highest BCUT2D eigenvalue weighted by atomic mass is 16.5. The van der Waals surface area contributed by atoms with Crippen LogP contribution in [0.4, 0.5) is 5.69 Å². The third-order valence-corrected chi connectivity index (χ3v) is 4.37. The highest BCUT2D eigenvalue weighted by molar-refractivity contribution is 5.98. The van der Waals surface area contributed by atoms with Crippen molar-refractivity contribution in [2.24, 2.45) is 5.92 Å². The van der Waals surface area contributed by atoms with Crippen molar-refractivity contribution in [3.05, 3.63) is 54.6 Å². The predicted molar refractivity (Wildman–Crippen MR) is 93.4 cm³/mol. The summed E-state index contributed by atoms with van der Waals surface area (Å²) in [6.45, 7) is 1.61. The Morgan fingerprint density at radius 1 is 1.04 bits per heavy atom. The van der Waals surface area contributed by atoms with Gasteiger partial charge in [0, 0.05) is 11.3 Å². The van der Waals surface area contributed by atoms with Gasteiger partial charge in [-0.1, -0.05) is 55.0 Å². The van der Waals surface area contributed by atoms with Crippen LogP contribution in [0.3, 0.4) is 0 Å². The van der Waals surface area contributed by atoms with Gasteiger partial charge in [0.2, 0.25) is 0 Å². The molecular weight excluding hydrogens is 302 g/mol. The molecule has 24 heavy (non-hydrogen) atoms. The van der Waals surface area contributed by atoms with Crippen molar-refractivity contribution < 1.29 is 14.3 Å². The second-order valence-electron chi connectivity index (χ2n) is 6.11. The lowest BCUT2D eigenvalue weighted by Gasteiger charge is -2.25. The van der Waals surface area contributed by atoms with Gasteiger partial charge in [-0.05, 0) is 31.4 Å². The molecule has 1 atom stereocenters. The lowest BCUT2D eigenvalue weighted by molar-refractivity contribution is -0.159. The monoisotopic (exact) mass is 323 g/mol. The van der Waals surface area contributed by atoms with Gasteiger partial charge in [-0.25, -0.2) is 0 Å². The molecule has 1 aliphatic carbocycles. The summed E-state index contributed by atoms with van der Waals surface area (Å²) in [5.41, 5.74) is 2.66. The molecule has 2 aromatic carbocycles. The van der Waals surface area contributed by atoms with E-state index in [9.17, 15) is 9.59 Å². The minimum Gasteiger partial charge on any atom is -0.452 e. The highest BCUT2D eigenvalue weighted by Gasteiger charge is 2.29. The molecule has 4 nitrogen and oxygen atoms in total. The molecule has 2 aromatic rings. The first-order chi connectivity index (χ1) is 11.6. The molecule has 1 amide bonds. The van der Waals surface area contributed by atoms with Crippen LogP contribution in [0.1, 0.15) is 26.2 Å². The van der Waals surface area contributed by atoms with E-state index < -0.39 is 6.10 Å². The molecule has 1 saturated carbocycles. The third kappa shape index (κ3) is 3.65. The van der Waals surface area contributed by atoms with Crippen LogP contribution in [0, 0.1) is 5.92 Å². The second kappa shape index (κ2) is 7.30. The van der Waals surface area contributed by atoms with Crippen LogP contribution < -0.4 is 5.32 Å². The topological polar surface area (TPSA) is 55.4 Å². The van der Waals surface area contributed by atoms with Crippen LogP contribution in [0.5, 0.6) is 0 Å². The van der Waals surface area contributed by atoms with Crippen molar-refractivity contribution in [1.82, 2.24) is 0 Å². The minimum absolute atomic E-state index is 0.0307. The molecule has 1 aliphatic rings. The van der Waals surface area contributed by atoms with Gasteiger partial charge in [0.15, 0.2) is 6.10 Å². The summed E-state index contributed by atoms with van der Waals surface area (Å²) in [6.07, 6.45) is 1.99. The predicted octanol–water partition coefficient (Wildman–Crippen LogP) is 4.02. The Kier molecular flexibility index (Phi) is 4.94. The van der Waals surface area contributed by atoms with Crippen LogP contribution in [0.2, 0.25) is 0 Å². The van der Waals surface area contributed by atoms with Crippen molar-refractivity contribution in [1.29, 1.82) is 0 Å². The molecule has 0 bridgehead atoms. The number of rotatable bonds is 5. The Labute approximate surface area is 141 Å². The molecule has 0 saturated heterocycles. The largest absolute Gasteiger partial charge is 0.452 e. The van der Waals surface area contributed by atoms with E-state index in [0.29, 0.717) is 5.69 Å². The fourth-order valence-electron chi connectivity index (χ4n) is 2.66. The highest BCUT2D eigenvalue weighted by Crippen LogP contribution is 2.29. The molecule has 0 heterocycles. The van der Waals surface area contributed by atoms with Crippen molar-refractivity contribution in [3.63, 3.8) is 0 Å². The molecule has 4 heteroatoms. The Morgan fingerprint density at radius 3 is 2.38 bits per heavy atom. The first-order valence-corrected chi connectivity index (χ1v) is 8.31. The number of benzene rings is 2. The number of carbonyl (C=O) groups is 2. The Balaban J connectivity index is 1.69. The number of amides is 1. The molecule has 0 radical (unpaired) electrons. The molecule has 3 rings (SSSR count).